The van der Waals surface area contributed by atoms with Gasteiger partial charge in [0, 0.05) is 37.2 Å². The third-order valence-electron chi connectivity index (χ3n) is 2.95. The van der Waals surface area contributed by atoms with Gasteiger partial charge in [-0.05, 0) is 13.8 Å². The van der Waals surface area contributed by atoms with E-state index in [-0.39, 0.29) is 5.91 Å². The summed E-state index contributed by atoms with van der Waals surface area (Å²) in [6.45, 7) is 4.81. The van der Waals surface area contributed by atoms with Crippen molar-refractivity contribution in [3.63, 3.8) is 0 Å². The molecule has 76 valence electrons. The molecular formula is C10H15N3O. The van der Waals surface area contributed by atoms with E-state index in [1.807, 2.05) is 18.7 Å². The van der Waals surface area contributed by atoms with E-state index in [2.05, 4.69) is 17.3 Å². The molecule has 0 bridgehead atoms. The lowest BCUT2D eigenvalue weighted by molar-refractivity contribution is -0.119. The van der Waals surface area contributed by atoms with E-state index in [0.717, 1.165) is 12.2 Å². The Labute approximate surface area is 83.3 Å². The molecule has 4 heteroatoms. The quantitative estimate of drug-likeness (QED) is 0.711. The number of hydrogen-bond donors (Lipinski definition) is 1. The second-order valence-electron chi connectivity index (χ2n) is 3.91. The lowest BCUT2D eigenvalue weighted by Gasteiger charge is -2.07. The van der Waals surface area contributed by atoms with Crippen LogP contribution in [0.2, 0.25) is 0 Å². The lowest BCUT2D eigenvalue weighted by atomic mass is 9.96. The zero-order valence-corrected chi connectivity index (χ0v) is 8.79. The first-order valence-corrected chi connectivity index (χ1v) is 4.86. The van der Waals surface area contributed by atoms with Crippen molar-refractivity contribution in [3.05, 3.63) is 17.0 Å². The molecule has 1 atom stereocenters. The van der Waals surface area contributed by atoms with Crippen molar-refractivity contribution < 1.29 is 4.79 Å². The number of nitrogens with zero attached hydrogens (tertiary/aromatic N) is 2. The summed E-state index contributed by atoms with van der Waals surface area (Å²) in [5.74, 6) is 0.467. The van der Waals surface area contributed by atoms with E-state index in [1.165, 1.54) is 11.3 Å². The van der Waals surface area contributed by atoms with Crippen LogP contribution in [0.15, 0.2) is 0 Å². The average Bonchev–Trinajstić information content (AvgIpc) is 2.60. The van der Waals surface area contributed by atoms with Gasteiger partial charge in [0.1, 0.15) is 0 Å². The Morgan fingerprint density at radius 1 is 1.50 bits per heavy atom. The number of aryl methyl sites for hydroxylation is 2. The van der Waals surface area contributed by atoms with E-state index < -0.39 is 0 Å². The van der Waals surface area contributed by atoms with Gasteiger partial charge in [-0.2, -0.15) is 5.10 Å². The largest absolute Gasteiger partial charge is 0.355 e. The molecule has 0 radical (unpaired) electrons. The maximum Gasteiger partial charge on any atom is 0.220 e. The highest BCUT2D eigenvalue weighted by atomic mass is 16.1. The number of nitrogens with one attached hydrogen (secondary N) is 1. The summed E-state index contributed by atoms with van der Waals surface area (Å²) >= 11 is 0. The van der Waals surface area contributed by atoms with Crippen LogP contribution in [-0.2, 0) is 11.8 Å². The molecule has 1 fully saturated rings. The van der Waals surface area contributed by atoms with Gasteiger partial charge in [-0.1, -0.05) is 0 Å². The lowest BCUT2D eigenvalue weighted by Crippen LogP contribution is -2.13. The molecule has 1 N–H and O–H groups in total. The van der Waals surface area contributed by atoms with Gasteiger partial charge in [0.25, 0.3) is 0 Å². The predicted octanol–water partition coefficient (Wildman–Crippen LogP) is 0.640. The fourth-order valence-corrected chi connectivity index (χ4v) is 2.19. The van der Waals surface area contributed by atoms with Crippen LogP contribution in [0.4, 0.5) is 0 Å². The van der Waals surface area contributed by atoms with Crippen molar-refractivity contribution in [2.75, 3.05) is 6.54 Å². The summed E-state index contributed by atoms with van der Waals surface area (Å²) in [5.41, 5.74) is 3.46. The zero-order chi connectivity index (χ0) is 10.3. The first-order valence-electron chi connectivity index (χ1n) is 4.86. The van der Waals surface area contributed by atoms with Crippen molar-refractivity contribution in [1.29, 1.82) is 0 Å². The molecule has 1 amide bonds. The molecule has 2 rings (SSSR count). The molecule has 0 aliphatic carbocycles. The molecule has 14 heavy (non-hydrogen) atoms. The summed E-state index contributed by atoms with van der Waals surface area (Å²) in [5, 5.41) is 7.21. The highest BCUT2D eigenvalue weighted by Gasteiger charge is 2.27. The maximum atomic E-state index is 11.1. The molecule has 0 saturated carbocycles. The Hall–Kier alpha value is -1.32. The van der Waals surface area contributed by atoms with Gasteiger partial charge in [-0.15, -0.1) is 0 Å². The SMILES string of the molecule is Cc1nn(C)c(C)c1C1CNC(=O)C1. The zero-order valence-electron chi connectivity index (χ0n) is 8.79. The fraction of sp³-hybridized carbons (Fsp3) is 0.600. The normalized spacial score (nSPS) is 21.4. The van der Waals surface area contributed by atoms with E-state index in [1.54, 1.807) is 0 Å². The first kappa shape index (κ1) is 9.24. The van der Waals surface area contributed by atoms with E-state index in [9.17, 15) is 4.79 Å². The molecule has 1 aliphatic rings. The number of carbonyl (C=O) groups excluding carboxylic acids is 1. The first-order chi connectivity index (χ1) is 6.59. The monoisotopic (exact) mass is 193 g/mol. The Balaban J connectivity index is 2.36. The second kappa shape index (κ2) is 3.12. The number of amides is 1. The Morgan fingerprint density at radius 2 is 2.21 bits per heavy atom. The van der Waals surface area contributed by atoms with Crippen LogP contribution < -0.4 is 5.32 Å². The van der Waals surface area contributed by atoms with E-state index in [0.29, 0.717) is 12.3 Å². The Kier molecular flexibility index (Phi) is 2.06. The van der Waals surface area contributed by atoms with E-state index >= 15 is 0 Å². The van der Waals surface area contributed by atoms with Crippen molar-refractivity contribution in [3.8, 4) is 0 Å². The number of aromatic nitrogens is 2. The predicted molar refractivity (Wildman–Crippen MR) is 53.0 cm³/mol. The van der Waals surface area contributed by atoms with Gasteiger partial charge < -0.3 is 5.32 Å². The molecule has 1 saturated heterocycles. The number of rotatable bonds is 1. The summed E-state index contributed by atoms with van der Waals surface area (Å²) < 4.78 is 1.88. The minimum Gasteiger partial charge on any atom is -0.355 e. The van der Waals surface area contributed by atoms with Gasteiger partial charge in [-0.25, -0.2) is 0 Å². The number of hydrogen-bond acceptors (Lipinski definition) is 2. The van der Waals surface area contributed by atoms with Gasteiger partial charge in [0.15, 0.2) is 0 Å². The maximum absolute atomic E-state index is 11.1. The Morgan fingerprint density at radius 3 is 2.64 bits per heavy atom. The fourth-order valence-electron chi connectivity index (χ4n) is 2.19. The third-order valence-corrected chi connectivity index (χ3v) is 2.95. The molecule has 1 aromatic rings. The van der Waals surface area contributed by atoms with Crippen LogP contribution >= 0.6 is 0 Å². The smallest absolute Gasteiger partial charge is 0.220 e. The molecule has 1 unspecified atom stereocenters. The average molecular weight is 193 g/mol. The topological polar surface area (TPSA) is 46.9 Å². The highest BCUT2D eigenvalue weighted by molar-refractivity contribution is 5.79. The summed E-state index contributed by atoms with van der Waals surface area (Å²) in [6, 6.07) is 0. The van der Waals surface area contributed by atoms with Crippen molar-refractivity contribution in [2.45, 2.75) is 26.2 Å². The van der Waals surface area contributed by atoms with Crippen LogP contribution in [0.25, 0.3) is 0 Å². The van der Waals surface area contributed by atoms with Crippen LogP contribution in [-0.4, -0.2) is 22.2 Å². The summed E-state index contributed by atoms with van der Waals surface area (Å²) in [6.07, 6.45) is 0.605. The third kappa shape index (κ3) is 1.31. The van der Waals surface area contributed by atoms with Gasteiger partial charge in [-0.3, -0.25) is 9.48 Å². The molecule has 2 heterocycles. The van der Waals surface area contributed by atoms with Gasteiger partial charge >= 0.3 is 0 Å². The standard InChI is InChI=1S/C10H15N3O/c1-6-10(7(2)13(3)12-6)8-4-9(14)11-5-8/h8H,4-5H2,1-3H3,(H,11,14). The van der Waals surface area contributed by atoms with Crippen LogP contribution in [0.5, 0.6) is 0 Å². The minimum absolute atomic E-state index is 0.151. The summed E-state index contributed by atoms with van der Waals surface area (Å²) in [7, 11) is 1.94. The molecule has 1 aromatic heterocycles. The highest BCUT2D eigenvalue weighted by Crippen LogP contribution is 2.28. The molecule has 4 nitrogen and oxygen atoms in total. The Bertz CT molecular complexity index is 381. The molecular weight excluding hydrogens is 178 g/mol. The van der Waals surface area contributed by atoms with Crippen molar-refractivity contribution in [1.82, 2.24) is 15.1 Å². The second-order valence-corrected chi connectivity index (χ2v) is 3.91. The van der Waals surface area contributed by atoms with E-state index in [4.69, 9.17) is 0 Å². The molecule has 1 aliphatic heterocycles. The minimum atomic E-state index is 0.151. The van der Waals surface area contributed by atoms with Gasteiger partial charge in [0.2, 0.25) is 5.91 Å². The summed E-state index contributed by atoms with van der Waals surface area (Å²) in [4.78, 5) is 11.1. The van der Waals surface area contributed by atoms with Crippen LogP contribution in [0, 0.1) is 13.8 Å². The van der Waals surface area contributed by atoms with Crippen molar-refractivity contribution >= 4 is 5.91 Å². The van der Waals surface area contributed by atoms with Gasteiger partial charge in [0.05, 0.1) is 5.69 Å². The molecule has 0 spiro atoms. The number of carbonyl (C=O) groups is 1. The van der Waals surface area contributed by atoms with Crippen molar-refractivity contribution in [2.24, 2.45) is 7.05 Å². The molecule has 0 aromatic carbocycles. The van der Waals surface area contributed by atoms with Crippen LogP contribution in [0.1, 0.15) is 29.3 Å². The van der Waals surface area contributed by atoms with Crippen LogP contribution in [0.3, 0.4) is 0 Å².